The Morgan fingerprint density at radius 1 is 0.357 bits per heavy atom. The van der Waals surface area contributed by atoms with Crippen LogP contribution in [0.2, 0.25) is 0 Å². The second-order valence-electron chi connectivity index (χ2n) is 21.0. The number of rotatable bonds is 8. The average molecular weight is 1230 g/mol. The summed E-state index contributed by atoms with van der Waals surface area (Å²) in [6.07, 6.45) is 12.6. The molecule has 0 radical (unpaired) electrons. The zero-order valence-electron chi connectivity index (χ0n) is 45.1. The first-order valence-electron chi connectivity index (χ1n) is 26.5. The van der Waals surface area contributed by atoms with Gasteiger partial charge in [0.25, 0.3) is 17.7 Å². The fourth-order valence-electron chi connectivity index (χ4n) is 10.1. The third-order valence-electron chi connectivity index (χ3n) is 15.2. The van der Waals surface area contributed by atoms with Crippen LogP contribution in [0.5, 0.6) is 0 Å². The quantitative estimate of drug-likeness (QED) is 0.0791. The molecular formula is C56H55F20N3O5. The van der Waals surface area contributed by atoms with Gasteiger partial charge in [-0.15, -0.1) is 0 Å². The maximum atomic E-state index is 13.6. The van der Waals surface area contributed by atoms with Gasteiger partial charge in [0.1, 0.15) is 28.4 Å². The van der Waals surface area contributed by atoms with Crippen LogP contribution in [0.4, 0.5) is 87.8 Å². The smallest absolute Gasteiger partial charge is 0.344 e. The summed E-state index contributed by atoms with van der Waals surface area (Å²) in [5, 5.41) is 4.70. The molecule has 0 saturated heterocycles. The van der Waals surface area contributed by atoms with E-state index in [-0.39, 0.29) is 30.0 Å². The molecule has 0 spiro atoms. The lowest BCUT2D eigenvalue weighted by Crippen LogP contribution is -2.42. The maximum absolute atomic E-state index is 13.6. The number of halogens is 20. The Morgan fingerprint density at radius 2 is 0.679 bits per heavy atom. The summed E-state index contributed by atoms with van der Waals surface area (Å²) in [4.78, 5) is 48.6. The van der Waals surface area contributed by atoms with E-state index in [9.17, 15) is 107 Å². The molecule has 0 aliphatic heterocycles. The van der Waals surface area contributed by atoms with Gasteiger partial charge in [0.05, 0.1) is 0 Å². The van der Waals surface area contributed by atoms with Crippen molar-refractivity contribution in [2.24, 2.45) is 17.8 Å². The second-order valence-corrected chi connectivity index (χ2v) is 21.0. The molecule has 3 amide bonds. The SMILES string of the molecule is CC1CCC(NC(=O)c2c(F)c(F)c(F)c(F)c2F)CC1.CC1CCCCC1NC(=O)c1c(F)c(F)c(F)c(F)c1F.CC1CCCCC1OC(=O)c1c(F)c(F)c(F)c(F)c1F.CN(C(=O)c1c(F)c(F)c(F)c(F)c1F)C1CCCCC1. The van der Waals surface area contributed by atoms with Crippen LogP contribution in [0, 0.1) is 134 Å². The van der Waals surface area contributed by atoms with E-state index >= 15 is 0 Å². The van der Waals surface area contributed by atoms with Crippen LogP contribution in [0.25, 0.3) is 0 Å². The molecule has 4 aliphatic rings. The highest BCUT2D eigenvalue weighted by atomic mass is 19.2. The molecule has 4 aliphatic carbocycles. The number of carbonyl (C=O) groups is 4. The van der Waals surface area contributed by atoms with E-state index in [1.165, 1.54) is 7.05 Å². The van der Waals surface area contributed by atoms with Crippen molar-refractivity contribution in [3.63, 3.8) is 0 Å². The summed E-state index contributed by atoms with van der Waals surface area (Å²) in [5.74, 6) is -47.7. The van der Waals surface area contributed by atoms with Crippen LogP contribution in [0.15, 0.2) is 0 Å². The van der Waals surface area contributed by atoms with Gasteiger partial charge in [-0.2, -0.15) is 0 Å². The fraction of sp³-hybridized carbons (Fsp3) is 0.500. The molecule has 4 aromatic carbocycles. The number of amides is 3. The van der Waals surface area contributed by atoms with Crippen molar-refractivity contribution in [1.82, 2.24) is 15.5 Å². The molecule has 4 unspecified atom stereocenters. The lowest BCUT2D eigenvalue weighted by Gasteiger charge is -2.31. The number of ether oxygens (including phenoxy) is 1. The largest absolute Gasteiger partial charge is 0.458 e. The lowest BCUT2D eigenvalue weighted by molar-refractivity contribution is 0.00357. The number of nitrogens with zero attached hydrogens (tertiary/aromatic N) is 1. The lowest BCUT2D eigenvalue weighted by atomic mass is 9.86. The Labute approximate surface area is 467 Å². The maximum Gasteiger partial charge on any atom is 0.344 e. The second kappa shape index (κ2) is 29.4. The van der Waals surface area contributed by atoms with Crippen LogP contribution in [-0.2, 0) is 4.74 Å². The Kier molecular flexibility index (Phi) is 23.9. The zero-order chi connectivity index (χ0) is 62.9. The first-order chi connectivity index (χ1) is 39.4. The van der Waals surface area contributed by atoms with Gasteiger partial charge < -0.3 is 20.3 Å². The normalized spacial score (nSPS) is 20.7. The van der Waals surface area contributed by atoms with Gasteiger partial charge in [0.15, 0.2) is 93.1 Å². The van der Waals surface area contributed by atoms with Crippen LogP contribution in [0.1, 0.15) is 171 Å². The molecule has 84 heavy (non-hydrogen) atoms. The third-order valence-corrected chi connectivity index (χ3v) is 15.2. The molecule has 8 nitrogen and oxygen atoms in total. The molecule has 0 heterocycles. The standard InChI is InChI=1S/3C14H14F5NO.C14H13F5O2/c1-6-2-4-7(5-3-6)20-14(21)8-9(15)11(17)13(19)12(18)10(8)16;1-20(7-5-3-2-4-6-7)14(21)8-9(15)11(17)13(19)12(18)10(8)16;1-6-4-2-3-5-7(6)20-14(21)8-9(15)11(17)13(19)12(18)10(8)16;1-6-4-2-3-5-7(6)21-14(20)8-9(15)11(17)13(19)12(18)10(8)16/h6-7H,2-5H2,1H3,(H,20,21);7H,2-6H2,1H3;6-7H,2-5H2,1H3,(H,20,21);6-7H,2-5H2,1H3. The average Bonchev–Trinajstić information content (AvgIpc) is 2.31. The van der Waals surface area contributed by atoms with E-state index in [0.717, 1.165) is 75.5 Å². The van der Waals surface area contributed by atoms with Crippen LogP contribution >= 0.6 is 0 Å². The monoisotopic (exact) mass is 1230 g/mol. The van der Waals surface area contributed by atoms with Crippen LogP contribution < -0.4 is 10.6 Å². The van der Waals surface area contributed by atoms with E-state index in [4.69, 9.17) is 4.74 Å². The van der Waals surface area contributed by atoms with Gasteiger partial charge in [-0.25, -0.2) is 92.6 Å². The number of esters is 1. The highest BCUT2D eigenvalue weighted by Gasteiger charge is 2.37. The van der Waals surface area contributed by atoms with Gasteiger partial charge >= 0.3 is 5.97 Å². The van der Waals surface area contributed by atoms with E-state index in [2.05, 4.69) is 10.6 Å². The topological polar surface area (TPSA) is 105 Å². The zero-order valence-corrected chi connectivity index (χ0v) is 45.1. The first-order valence-corrected chi connectivity index (χ1v) is 26.5. The molecule has 2 N–H and O–H groups in total. The van der Waals surface area contributed by atoms with Gasteiger partial charge in [-0.05, 0) is 88.4 Å². The van der Waals surface area contributed by atoms with Crippen LogP contribution in [0.3, 0.4) is 0 Å². The van der Waals surface area contributed by atoms with Crippen molar-refractivity contribution in [2.45, 2.75) is 154 Å². The summed E-state index contributed by atoms with van der Waals surface area (Å²) in [5.41, 5.74) is -5.78. The molecule has 4 fully saturated rings. The summed E-state index contributed by atoms with van der Waals surface area (Å²) in [7, 11) is 1.32. The molecule has 4 saturated carbocycles. The highest BCUT2D eigenvalue weighted by Crippen LogP contribution is 2.33. The van der Waals surface area contributed by atoms with Gasteiger partial charge in [-0.1, -0.05) is 59.3 Å². The molecule has 4 aromatic rings. The van der Waals surface area contributed by atoms with E-state index in [0.29, 0.717) is 44.4 Å². The summed E-state index contributed by atoms with van der Waals surface area (Å²) in [6, 6.07) is -0.897. The molecular weight excluding hydrogens is 1170 g/mol. The van der Waals surface area contributed by atoms with Crippen LogP contribution in [-0.4, -0.2) is 59.9 Å². The van der Waals surface area contributed by atoms with Gasteiger partial charge in [-0.3, -0.25) is 14.4 Å². The van der Waals surface area contributed by atoms with E-state index in [1.54, 1.807) is 6.92 Å². The number of hydrogen-bond acceptors (Lipinski definition) is 5. The summed E-state index contributed by atoms with van der Waals surface area (Å²) >= 11 is 0. The Balaban J connectivity index is 0.000000205. The fourth-order valence-corrected chi connectivity index (χ4v) is 10.1. The number of carbonyl (C=O) groups excluding carboxylic acids is 4. The Hall–Kier alpha value is -6.64. The van der Waals surface area contributed by atoms with Crippen molar-refractivity contribution < 1.29 is 112 Å². The van der Waals surface area contributed by atoms with Crippen molar-refractivity contribution in [3.8, 4) is 0 Å². The van der Waals surface area contributed by atoms with E-state index in [1.807, 2.05) is 13.8 Å². The van der Waals surface area contributed by atoms with Gasteiger partial charge in [0.2, 0.25) is 23.3 Å². The Bertz CT molecular complexity index is 2880. The minimum atomic E-state index is -2.30. The van der Waals surface area contributed by atoms with E-state index < -0.39 is 168 Å². The van der Waals surface area contributed by atoms with Crippen molar-refractivity contribution in [3.05, 3.63) is 139 Å². The molecule has 4 atom stereocenters. The summed E-state index contributed by atoms with van der Waals surface area (Å²) < 4.78 is 269. The van der Waals surface area contributed by atoms with Crippen molar-refractivity contribution >= 4 is 23.7 Å². The number of benzene rings is 4. The summed E-state index contributed by atoms with van der Waals surface area (Å²) in [6.45, 7) is 5.71. The molecule has 464 valence electrons. The first kappa shape index (κ1) is 68.1. The van der Waals surface area contributed by atoms with Crippen molar-refractivity contribution in [2.75, 3.05) is 7.05 Å². The number of hydrogen-bond donors (Lipinski definition) is 2. The minimum absolute atomic E-state index is 0.0241. The highest BCUT2D eigenvalue weighted by molar-refractivity contribution is 5.96. The third kappa shape index (κ3) is 15.2. The predicted octanol–water partition coefficient (Wildman–Crippen LogP) is 15.3. The predicted molar refractivity (Wildman–Crippen MR) is 259 cm³/mol. The minimum Gasteiger partial charge on any atom is -0.458 e. The number of nitrogens with one attached hydrogen (secondary N) is 2. The molecule has 8 rings (SSSR count). The van der Waals surface area contributed by atoms with Gasteiger partial charge in [0, 0.05) is 25.2 Å². The molecule has 0 bridgehead atoms. The Morgan fingerprint density at radius 3 is 1.07 bits per heavy atom. The molecule has 0 aromatic heterocycles. The molecule has 28 heteroatoms. The van der Waals surface area contributed by atoms with Crippen molar-refractivity contribution in [1.29, 1.82) is 0 Å².